The Kier molecular flexibility index (Phi) is 1.54. The van der Waals surface area contributed by atoms with E-state index in [1.165, 1.54) is 4.09 Å². The smallest absolute Gasteiger partial charge is 0.170 e. The minimum absolute atomic E-state index is 0.503. The van der Waals surface area contributed by atoms with Crippen molar-refractivity contribution in [1.29, 1.82) is 0 Å². The standard InChI is InChI=1S/C2H3N3S3/c6-1-2(7)5(8)4-3-1/h4,8H,(H,3,6). The van der Waals surface area contributed by atoms with E-state index in [0.717, 1.165) is 0 Å². The second-order valence-corrected chi connectivity index (χ2v) is 2.38. The van der Waals surface area contributed by atoms with Gasteiger partial charge >= 0.3 is 0 Å². The Hall–Kier alpha value is -0.0700. The molecule has 0 aliphatic carbocycles. The number of H-pyrrole nitrogens is 2. The fourth-order valence-electron chi connectivity index (χ4n) is 0.304. The van der Waals surface area contributed by atoms with Gasteiger partial charge in [0.25, 0.3) is 0 Å². The topological polar surface area (TPSA) is 36.5 Å². The van der Waals surface area contributed by atoms with Gasteiger partial charge in [-0.2, -0.15) is 0 Å². The van der Waals surface area contributed by atoms with E-state index in [9.17, 15) is 0 Å². The molecule has 1 rings (SSSR count). The highest BCUT2D eigenvalue weighted by Gasteiger charge is 1.85. The summed E-state index contributed by atoms with van der Waals surface area (Å²) in [5, 5.41) is 5.19. The molecule has 0 unspecified atom stereocenters. The van der Waals surface area contributed by atoms with Crippen LogP contribution in [0.2, 0.25) is 0 Å². The summed E-state index contributed by atoms with van der Waals surface area (Å²) < 4.78 is 2.36. The minimum Gasteiger partial charge on any atom is -0.273 e. The maximum atomic E-state index is 4.75. The van der Waals surface area contributed by atoms with Crippen molar-refractivity contribution in [2.45, 2.75) is 0 Å². The zero-order valence-corrected chi connectivity index (χ0v) is 6.24. The van der Waals surface area contributed by atoms with Crippen LogP contribution in [0.1, 0.15) is 0 Å². The van der Waals surface area contributed by atoms with Crippen molar-refractivity contribution in [1.82, 2.24) is 14.4 Å². The number of aromatic amines is 2. The summed E-state index contributed by atoms with van der Waals surface area (Å²) in [6, 6.07) is 0. The number of hydrogen-bond donors (Lipinski definition) is 3. The van der Waals surface area contributed by atoms with Crippen LogP contribution in [0.15, 0.2) is 0 Å². The van der Waals surface area contributed by atoms with Gasteiger partial charge in [-0.05, 0) is 12.8 Å². The van der Waals surface area contributed by atoms with E-state index in [1.54, 1.807) is 0 Å². The first kappa shape index (κ1) is 6.06. The van der Waals surface area contributed by atoms with Gasteiger partial charge in [0, 0.05) is 0 Å². The summed E-state index contributed by atoms with van der Waals surface area (Å²) in [6.45, 7) is 0. The number of nitrogens with zero attached hydrogens (tertiary/aromatic N) is 1. The predicted octanol–water partition coefficient (Wildman–Crippen LogP) is 1.30. The first-order valence-electron chi connectivity index (χ1n) is 1.81. The van der Waals surface area contributed by atoms with Gasteiger partial charge in [0.05, 0.1) is 0 Å². The molecule has 44 valence electrons. The Morgan fingerprint density at radius 3 is 2.25 bits per heavy atom. The molecule has 1 heterocycles. The Labute approximate surface area is 61.2 Å². The number of aromatic nitrogens is 3. The molecule has 0 aromatic carbocycles. The maximum absolute atomic E-state index is 4.75. The molecule has 2 N–H and O–H groups in total. The summed E-state index contributed by atoms with van der Waals surface area (Å²) in [6.07, 6.45) is 0. The van der Waals surface area contributed by atoms with Gasteiger partial charge in [-0.25, -0.2) is 9.30 Å². The number of hydrogen-bond acceptors (Lipinski definition) is 3. The summed E-state index contributed by atoms with van der Waals surface area (Å²) in [7, 11) is 0. The first-order valence-corrected chi connectivity index (χ1v) is 3.02. The Balaban J connectivity index is 3.66. The van der Waals surface area contributed by atoms with Gasteiger partial charge in [-0.15, -0.1) is 0 Å². The van der Waals surface area contributed by atoms with Crippen molar-refractivity contribution in [2.24, 2.45) is 0 Å². The van der Waals surface area contributed by atoms with Gasteiger partial charge in [0.2, 0.25) is 0 Å². The molecule has 0 fully saturated rings. The quantitative estimate of drug-likeness (QED) is 0.400. The van der Waals surface area contributed by atoms with E-state index >= 15 is 0 Å². The molecular weight excluding hydrogens is 162 g/mol. The normalized spacial score (nSPS) is 9.62. The zero-order chi connectivity index (χ0) is 6.15. The molecule has 0 radical (unpaired) electrons. The minimum atomic E-state index is 0.503. The average molecular weight is 165 g/mol. The van der Waals surface area contributed by atoms with Crippen LogP contribution in [0.3, 0.4) is 0 Å². The third kappa shape index (κ3) is 0.862. The van der Waals surface area contributed by atoms with Gasteiger partial charge in [0.15, 0.2) is 9.28 Å². The molecule has 3 nitrogen and oxygen atoms in total. The van der Waals surface area contributed by atoms with E-state index < -0.39 is 0 Å². The number of nitrogens with one attached hydrogen (secondary N) is 2. The average Bonchev–Trinajstić information content (AvgIpc) is 1.98. The molecule has 1 aromatic rings. The highest BCUT2D eigenvalue weighted by molar-refractivity contribution is 7.79. The molecule has 0 spiro atoms. The summed E-state index contributed by atoms with van der Waals surface area (Å²) in [5.74, 6) is 0. The van der Waals surface area contributed by atoms with Gasteiger partial charge < -0.3 is 0 Å². The molecule has 0 amide bonds. The number of rotatable bonds is 0. The lowest BCUT2D eigenvalue weighted by atomic mass is 11.0. The van der Waals surface area contributed by atoms with Crippen LogP contribution in [0.5, 0.6) is 0 Å². The van der Waals surface area contributed by atoms with Crippen LogP contribution in [0.4, 0.5) is 0 Å². The van der Waals surface area contributed by atoms with Crippen LogP contribution in [-0.4, -0.2) is 14.4 Å². The molecule has 0 atom stereocenters. The second-order valence-electron chi connectivity index (χ2n) is 1.18. The van der Waals surface area contributed by atoms with Crippen molar-refractivity contribution < 1.29 is 0 Å². The highest BCUT2D eigenvalue weighted by Crippen LogP contribution is 1.90. The SMILES string of the molecule is S=c1[nH][nH]n(S)c1=S. The van der Waals surface area contributed by atoms with E-state index in [1.807, 2.05) is 0 Å². The third-order valence-corrected chi connectivity index (χ3v) is 1.91. The summed E-state index contributed by atoms with van der Waals surface area (Å²) >= 11 is 13.3. The van der Waals surface area contributed by atoms with E-state index in [0.29, 0.717) is 9.28 Å². The zero-order valence-electron chi connectivity index (χ0n) is 3.71. The monoisotopic (exact) mass is 165 g/mol. The van der Waals surface area contributed by atoms with E-state index in [2.05, 4.69) is 23.1 Å². The first-order chi connectivity index (χ1) is 3.72. The molecule has 0 aliphatic rings. The molecular formula is C2H3N3S3. The van der Waals surface area contributed by atoms with Gasteiger partial charge in [-0.3, -0.25) is 5.10 Å². The van der Waals surface area contributed by atoms with Gasteiger partial charge in [0.1, 0.15) is 0 Å². The Morgan fingerprint density at radius 1 is 1.50 bits per heavy atom. The van der Waals surface area contributed by atoms with Crippen LogP contribution in [-0.2, 0) is 0 Å². The number of thiol groups is 1. The van der Waals surface area contributed by atoms with Crippen molar-refractivity contribution in [3.05, 3.63) is 9.28 Å². The second kappa shape index (κ2) is 2.04. The lowest BCUT2D eigenvalue weighted by Crippen LogP contribution is -1.79. The van der Waals surface area contributed by atoms with Crippen LogP contribution >= 0.6 is 37.3 Å². The van der Waals surface area contributed by atoms with Crippen molar-refractivity contribution in [2.75, 3.05) is 0 Å². The van der Waals surface area contributed by atoms with Crippen molar-refractivity contribution in [3.63, 3.8) is 0 Å². The molecule has 1 aromatic heterocycles. The molecule has 6 heteroatoms. The molecule has 8 heavy (non-hydrogen) atoms. The summed E-state index contributed by atoms with van der Waals surface area (Å²) in [5.41, 5.74) is 0. The molecule has 0 saturated carbocycles. The van der Waals surface area contributed by atoms with Crippen molar-refractivity contribution in [3.8, 4) is 0 Å². The lowest BCUT2D eigenvalue weighted by molar-refractivity contribution is 0.890. The molecule has 0 bridgehead atoms. The lowest BCUT2D eigenvalue weighted by Gasteiger charge is -1.78. The fourth-order valence-corrected chi connectivity index (χ4v) is 0.755. The predicted molar refractivity (Wildman–Crippen MR) is 39.2 cm³/mol. The largest absolute Gasteiger partial charge is 0.273 e. The van der Waals surface area contributed by atoms with E-state index in [-0.39, 0.29) is 0 Å². The van der Waals surface area contributed by atoms with Gasteiger partial charge in [-0.1, -0.05) is 24.4 Å². The maximum Gasteiger partial charge on any atom is 0.170 e. The van der Waals surface area contributed by atoms with E-state index in [4.69, 9.17) is 24.4 Å². The van der Waals surface area contributed by atoms with Crippen molar-refractivity contribution >= 4 is 37.3 Å². The fraction of sp³-hybridized carbons (Fsp3) is 0. The van der Waals surface area contributed by atoms with Crippen LogP contribution in [0, 0.1) is 9.28 Å². The molecule has 0 saturated heterocycles. The Bertz CT molecular complexity index is 277. The highest BCUT2D eigenvalue weighted by atomic mass is 32.1. The Morgan fingerprint density at radius 2 is 2.12 bits per heavy atom. The summed E-state index contributed by atoms with van der Waals surface area (Å²) in [4.78, 5) is 0. The van der Waals surface area contributed by atoms with Crippen LogP contribution < -0.4 is 0 Å². The van der Waals surface area contributed by atoms with Crippen LogP contribution in [0.25, 0.3) is 0 Å². The third-order valence-electron chi connectivity index (χ3n) is 0.662. The molecule has 0 aliphatic heterocycles.